The molecule has 0 heterocycles. The zero-order valence-corrected chi connectivity index (χ0v) is 10.9. The van der Waals surface area contributed by atoms with Crippen LogP contribution in [0.1, 0.15) is 27.7 Å². The molecule has 0 rings (SSSR count). The smallest absolute Gasteiger partial charge is 0.523 e. The first-order chi connectivity index (χ1) is 5.52. The van der Waals surface area contributed by atoms with Crippen molar-refractivity contribution in [1.82, 2.24) is 0 Å². The van der Waals surface area contributed by atoms with Gasteiger partial charge >= 0.3 is 15.6 Å². The Bertz CT molecular complexity index is 178. The van der Waals surface area contributed by atoms with Crippen molar-refractivity contribution < 1.29 is 25.7 Å². The van der Waals surface area contributed by atoms with Gasteiger partial charge in [0.2, 0.25) is 0 Å². The normalized spacial score (nSPS) is 10.7. The molecule has 0 unspecified atom stereocenters. The van der Waals surface area contributed by atoms with Crippen LogP contribution < -0.4 is 0 Å². The molecule has 1 radical (unpaired) electrons. The number of carbonyl (C=O) groups excluding carboxylic acids is 1. The van der Waals surface area contributed by atoms with Crippen molar-refractivity contribution in [1.29, 1.82) is 0 Å². The molecule has 4 heteroatoms. The number of hydrogen-bond acceptors (Lipinski definition) is 2. The molecule has 0 bridgehead atoms. The van der Waals surface area contributed by atoms with Crippen molar-refractivity contribution in [2.75, 3.05) is 0 Å². The Labute approximate surface area is 97.6 Å². The van der Waals surface area contributed by atoms with Gasteiger partial charge in [0.05, 0.1) is 5.76 Å². The quantitative estimate of drug-likeness (QED) is 0.417. The van der Waals surface area contributed by atoms with Crippen LogP contribution in [0.25, 0.3) is 0 Å². The van der Waals surface area contributed by atoms with Gasteiger partial charge in [-0.25, -0.2) is 0 Å². The van der Waals surface area contributed by atoms with Gasteiger partial charge in [0, 0.05) is 23.1 Å². The fraction of sp³-hybridized carbons (Fsp3) is 0.667. The Morgan fingerprint density at radius 1 is 1.46 bits per heavy atom. The summed E-state index contributed by atoms with van der Waals surface area (Å²) in [7, 11) is 0. The zero-order chi connectivity index (χ0) is 9.56. The van der Waals surface area contributed by atoms with E-state index in [9.17, 15) is 4.79 Å². The molecular weight excluding hydrogens is 223 g/mol. The fourth-order valence-corrected chi connectivity index (χ4v) is 1.50. The molecule has 75 valence electrons. The third kappa shape index (κ3) is 12.3. The largest absolute Gasteiger partial charge is 0.651 e. The summed E-state index contributed by atoms with van der Waals surface area (Å²) in [6.07, 6.45) is 1.54. The van der Waals surface area contributed by atoms with E-state index in [4.69, 9.17) is 3.79 Å². The van der Waals surface area contributed by atoms with Crippen LogP contribution >= 0.6 is 0 Å². The Balaban J connectivity index is 0. The van der Waals surface area contributed by atoms with E-state index in [1.54, 1.807) is 0 Å². The van der Waals surface area contributed by atoms with Crippen LogP contribution in [0.4, 0.5) is 0 Å². The Kier molecular flexibility index (Phi) is 10.7. The van der Waals surface area contributed by atoms with Crippen molar-refractivity contribution in [2.24, 2.45) is 5.92 Å². The van der Waals surface area contributed by atoms with Gasteiger partial charge in [-0.3, -0.25) is 4.79 Å². The summed E-state index contributed by atoms with van der Waals surface area (Å²) in [6.45, 7) is 7.69. The summed E-state index contributed by atoms with van der Waals surface area (Å²) in [6, 6.07) is 0. The van der Waals surface area contributed by atoms with E-state index in [1.165, 1.54) is 13.0 Å². The molecule has 0 aliphatic rings. The molecule has 0 atom stereocenters. The van der Waals surface area contributed by atoms with E-state index in [0.29, 0.717) is 5.92 Å². The maximum Gasteiger partial charge on any atom is 0.523 e. The first-order valence-corrected chi connectivity index (χ1v) is 5.48. The van der Waals surface area contributed by atoms with Gasteiger partial charge in [-0.2, -0.15) is 0 Å². The van der Waals surface area contributed by atoms with Gasteiger partial charge in [-0.1, -0.05) is 25.0 Å². The molecule has 2 nitrogen and oxygen atoms in total. The minimum atomic E-state index is 0. The van der Waals surface area contributed by atoms with E-state index in [0.717, 1.165) is 11.0 Å². The van der Waals surface area contributed by atoms with E-state index in [1.807, 2.05) is 6.92 Å². The van der Waals surface area contributed by atoms with Gasteiger partial charge in [0.15, 0.2) is 5.78 Å². The van der Waals surface area contributed by atoms with Crippen LogP contribution in [0.15, 0.2) is 11.8 Å². The second-order valence-corrected chi connectivity index (χ2v) is 4.32. The topological polar surface area (TPSA) is 26.3 Å². The minimum Gasteiger partial charge on any atom is -0.651 e. The number of carbonyl (C=O) groups is 1. The summed E-state index contributed by atoms with van der Waals surface area (Å²) in [5.41, 5.74) is 0. The summed E-state index contributed by atoms with van der Waals surface area (Å²) in [5.74, 6) is 1.49. The van der Waals surface area contributed by atoms with E-state index in [-0.39, 0.29) is 38.4 Å². The first-order valence-electron chi connectivity index (χ1n) is 4.19. The molecule has 13 heavy (non-hydrogen) atoms. The van der Waals surface area contributed by atoms with Crippen LogP contribution in [0.5, 0.6) is 0 Å². The van der Waals surface area contributed by atoms with E-state index in [2.05, 4.69) is 13.8 Å². The van der Waals surface area contributed by atoms with Crippen molar-refractivity contribution in [2.45, 2.75) is 33.0 Å². The summed E-state index contributed by atoms with van der Waals surface area (Å²) in [4.78, 5) is 10.6. The van der Waals surface area contributed by atoms with Crippen LogP contribution in [-0.2, 0) is 25.7 Å². The first kappa shape index (κ1) is 15.7. The molecule has 0 aromatic carbocycles. The summed E-state index contributed by atoms with van der Waals surface area (Å²) >= 11 is 0.0124. The summed E-state index contributed by atoms with van der Waals surface area (Å²) in [5, 5.41) is 1.11. The predicted octanol–water partition coefficient (Wildman–Crippen LogP) is 2.19. The van der Waals surface area contributed by atoms with Gasteiger partial charge in [-0.05, 0) is 13.8 Å². The van der Waals surface area contributed by atoms with E-state index < -0.39 is 0 Å². The maximum atomic E-state index is 10.6. The third-order valence-corrected chi connectivity index (χ3v) is 2.92. The molecule has 0 aliphatic heterocycles. The molecule has 0 aliphatic carbocycles. The van der Waals surface area contributed by atoms with Gasteiger partial charge in [0.25, 0.3) is 0 Å². The maximum absolute atomic E-state index is 10.6. The van der Waals surface area contributed by atoms with Gasteiger partial charge in [-0.15, -0.1) is 0 Å². The Morgan fingerprint density at radius 3 is 2.38 bits per heavy atom. The monoisotopic (exact) mass is 239 g/mol. The standard InChI is InChI=1S/C5H8O2.C4H9.Al.Fe/c1-4(6)3-5(2)7;1-4(2)3;;/h3,6H,1-2H3;4H,1H2,2-3H3;;/q;;+1;/p-1/b4-3+;;;. The van der Waals surface area contributed by atoms with Crippen LogP contribution in [-0.4, -0.2) is 21.3 Å². The van der Waals surface area contributed by atoms with Crippen LogP contribution in [0, 0.1) is 5.92 Å². The van der Waals surface area contributed by atoms with Crippen LogP contribution in [0.2, 0.25) is 5.28 Å². The second-order valence-electron chi connectivity index (χ2n) is 3.28. The number of hydrogen-bond donors (Lipinski definition) is 0. The van der Waals surface area contributed by atoms with Crippen molar-refractivity contribution >= 4 is 21.3 Å². The molecule has 0 amide bonds. The second kappa shape index (κ2) is 8.84. The van der Waals surface area contributed by atoms with Crippen LogP contribution in [0.3, 0.4) is 0 Å². The molecule has 0 fully saturated rings. The summed E-state index contributed by atoms with van der Waals surface area (Å²) < 4.78 is 5.39. The molecule has 0 aromatic heterocycles. The number of allylic oxidation sites excluding steroid dienone is 2. The molecule has 0 saturated heterocycles. The molecule has 0 aromatic rings. The van der Waals surface area contributed by atoms with Crippen molar-refractivity contribution in [3.8, 4) is 0 Å². The average molecular weight is 239 g/mol. The molecule has 0 saturated carbocycles. The van der Waals surface area contributed by atoms with Gasteiger partial charge in [0.1, 0.15) is 0 Å². The average Bonchev–Trinajstić information content (AvgIpc) is 1.84. The van der Waals surface area contributed by atoms with Crippen molar-refractivity contribution in [3.05, 3.63) is 11.8 Å². The third-order valence-electron chi connectivity index (χ3n) is 1.24. The van der Waals surface area contributed by atoms with E-state index >= 15 is 0 Å². The minimum absolute atomic E-state index is 0. The SMILES string of the molecule is CC(=O)/C=C(\C)[O][Al][CH2]C(C)C.[Fe]. The Morgan fingerprint density at radius 2 is 2.00 bits per heavy atom. The van der Waals surface area contributed by atoms with Crippen molar-refractivity contribution in [3.63, 3.8) is 0 Å². The molecule has 0 spiro atoms. The van der Waals surface area contributed by atoms with Gasteiger partial charge < -0.3 is 3.79 Å². The Hall–Kier alpha value is 0.262. The molecular formula is C9H16AlFeO2. The molecule has 0 N–H and O–H groups in total. The fourth-order valence-electron chi connectivity index (χ4n) is 0.692. The number of rotatable bonds is 5. The predicted molar refractivity (Wildman–Crippen MR) is 50.9 cm³/mol. The number of ketones is 1. The zero-order valence-electron chi connectivity index (χ0n) is 8.61.